The van der Waals surface area contributed by atoms with Crippen molar-refractivity contribution in [1.29, 1.82) is 0 Å². The lowest BCUT2D eigenvalue weighted by molar-refractivity contribution is 0.790. The van der Waals surface area contributed by atoms with Crippen LogP contribution in [0.5, 0.6) is 0 Å². The predicted molar refractivity (Wildman–Crippen MR) is 90.2 cm³/mol. The maximum Gasteiger partial charge on any atom is 0.118 e. The van der Waals surface area contributed by atoms with Crippen molar-refractivity contribution in [1.82, 2.24) is 0 Å². The zero-order valence-electron chi connectivity index (χ0n) is 11.6. The maximum absolute atomic E-state index is 6.84. The molecule has 0 aliphatic carbocycles. The van der Waals surface area contributed by atoms with Gasteiger partial charge in [-0.3, -0.25) is 0 Å². The Labute approximate surface area is 129 Å². The highest BCUT2D eigenvalue weighted by Gasteiger charge is 2.30. The molecule has 0 saturated heterocycles. The third kappa shape index (κ3) is 3.02. The third-order valence-corrected chi connectivity index (χ3v) is 4.73. The van der Waals surface area contributed by atoms with Crippen LogP contribution in [-0.4, -0.2) is 0 Å². The summed E-state index contributed by atoms with van der Waals surface area (Å²) in [6.07, 6.45) is 0. The monoisotopic (exact) mass is 291 g/mol. The SMILES string of the molecule is NC(Sc1ccccc1)(c1ccccc1)c1ccccc1. The number of benzene rings is 3. The van der Waals surface area contributed by atoms with Gasteiger partial charge in [0.1, 0.15) is 4.87 Å². The van der Waals surface area contributed by atoms with Crippen LogP contribution in [0, 0.1) is 0 Å². The van der Waals surface area contributed by atoms with Gasteiger partial charge in [0.25, 0.3) is 0 Å². The van der Waals surface area contributed by atoms with E-state index in [1.165, 1.54) is 0 Å². The molecular formula is C19H17NS. The van der Waals surface area contributed by atoms with Crippen LogP contribution in [-0.2, 0) is 4.87 Å². The summed E-state index contributed by atoms with van der Waals surface area (Å²) in [5, 5.41) is 0. The minimum Gasteiger partial charge on any atom is -0.309 e. The summed E-state index contributed by atoms with van der Waals surface area (Å²) < 4.78 is 0. The minimum absolute atomic E-state index is 0.593. The van der Waals surface area contributed by atoms with E-state index in [1.54, 1.807) is 11.8 Å². The van der Waals surface area contributed by atoms with Crippen LogP contribution >= 0.6 is 11.8 Å². The molecule has 0 aromatic heterocycles. The molecule has 3 rings (SSSR count). The predicted octanol–water partition coefficient (Wildman–Crippen LogP) is 4.64. The van der Waals surface area contributed by atoms with Crippen molar-refractivity contribution >= 4 is 11.8 Å². The van der Waals surface area contributed by atoms with Gasteiger partial charge in [-0.15, -0.1) is 0 Å². The number of hydrogen-bond donors (Lipinski definition) is 1. The standard InChI is InChI=1S/C19H17NS/c20-19(16-10-4-1-5-11-16,17-12-6-2-7-13-17)21-18-14-8-3-9-15-18/h1-15H,20H2. The summed E-state index contributed by atoms with van der Waals surface area (Å²) in [5.41, 5.74) is 9.04. The summed E-state index contributed by atoms with van der Waals surface area (Å²) >= 11 is 1.67. The van der Waals surface area contributed by atoms with Gasteiger partial charge >= 0.3 is 0 Å². The van der Waals surface area contributed by atoms with Gasteiger partial charge in [-0.05, 0) is 23.3 Å². The Morgan fingerprint density at radius 2 is 0.952 bits per heavy atom. The number of nitrogens with two attached hydrogens (primary N) is 1. The van der Waals surface area contributed by atoms with Crippen LogP contribution in [0.2, 0.25) is 0 Å². The van der Waals surface area contributed by atoms with Crippen molar-refractivity contribution in [2.24, 2.45) is 5.73 Å². The molecule has 3 aromatic carbocycles. The molecule has 0 fully saturated rings. The van der Waals surface area contributed by atoms with Crippen LogP contribution in [0.15, 0.2) is 95.9 Å². The van der Waals surface area contributed by atoms with Gasteiger partial charge in [-0.25, -0.2) is 0 Å². The molecule has 2 heteroatoms. The molecule has 0 spiro atoms. The highest BCUT2D eigenvalue weighted by atomic mass is 32.2. The first-order valence-corrected chi connectivity index (χ1v) is 7.75. The fourth-order valence-corrected chi connectivity index (χ4v) is 3.50. The number of thioether (sulfide) groups is 1. The van der Waals surface area contributed by atoms with Crippen molar-refractivity contribution in [2.75, 3.05) is 0 Å². The quantitative estimate of drug-likeness (QED) is 0.560. The molecule has 2 N–H and O–H groups in total. The van der Waals surface area contributed by atoms with Crippen LogP contribution in [0.1, 0.15) is 11.1 Å². The van der Waals surface area contributed by atoms with Gasteiger partial charge in [0.15, 0.2) is 0 Å². The number of hydrogen-bond acceptors (Lipinski definition) is 2. The van der Waals surface area contributed by atoms with Crippen LogP contribution < -0.4 is 5.73 Å². The van der Waals surface area contributed by atoms with Gasteiger partial charge in [0.05, 0.1) is 0 Å². The normalized spacial score (nSPS) is 11.3. The van der Waals surface area contributed by atoms with Crippen LogP contribution in [0.25, 0.3) is 0 Å². The Hall–Kier alpha value is -2.03. The highest BCUT2D eigenvalue weighted by molar-refractivity contribution is 8.00. The van der Waals surface area contributed by atoms with Crippen molar-refractivity contribution in [3.63, 3.8) is 0 Å². The molecule has 0 heterocycles. The van der Waals surface area contributed by atoms with E-state index < -0.39 is 4.87 Å². The fourth-order valence-electron chi connectivity index (χ4n) is 2.33. The molecule has 0 saturated carbocycles. The highest BCUT2D eigenvalue weighted by Crippen LogP contribution is 2.42. The topological polar surface area (TPSA) is 26.0 Å². The van der Waals surface area contributed by atoms with Crippen molar-refractivity contribution in [3.8, 4) is 0 Å². The Bertz CT molecular complexity index is 641. The van der Waals surface area contributed by atoms with E-state index in [-0.39, 0.29) is 0 Å². The fraction of sp³-hybridized carbons (Fsp3) is 0.0526. The molecule has 21 heavy (non-hydrogen) atoms. The molecule has 0 bridgehead atoms. The van der Waals surface area contributed by atoms with Gasteiger partial charge < -0.3 is 5.73 Å². The summed E-state index contributed by atoms with van der Waals surface area (Å²) in [5.74, 6) is 0. The molecule has 0 aliphatic heterocycles. The molecule has 1 nitrogen and oxygen atoms in total. The van der Waals surface area contributed by atoms with E-state index in [0.717, 1.165) is 16.0 Å². The Kier molecular flexibility index (Phi) is 4.09. The van der Waals surface area contributed by atoms with E-state index in [1.807, 2.05) is 54.6 Å². The van der Waals surface area contributed by atoms with E-state index in [4.69, 9.17) is 5.73 Å². The molecule has 0 aliphatic rings. The van der Waals surface area contributed by atoms with Crippen molar-refractivity contribution in [2.45, 2.75) is 9.77 Å². The third-order valence-electron chi connectivity index (χ3n) is 3.43. The average Bonchev–Trinajstić information content (AvgIpc) is 2.57. The van der Waals surface area contributed by atoms with Crippen LogP contribution in [0.4, 0.5) is 0 Å². The zero-order chi connectivity index (χ0) is 14.5. The summed E-state index contributed by atoms with van der Waals surface area (Å²) in [6.45, 7) is 0. The average molecular weight is 291 g/mol. The molecule has 104 valence electrons. The minimum atomic E-state index is -0.593. The lowest BCUT2D eigenvalue weighted by Crippen LogP contribution is -2.34. The molecule has 3 aromatic rings. The van der Waals surface area contributed by atoms with E-state index in [0.29, 0.717) is 0 Å². The molecule has 0 unspecified atom stereocenters. The number of rotatable bonds is 4. The van der Waals surface area contributed by atoms with Crippen molar-refractivity contribution < 1.29 is 0 Å². The lowest BCUT2D eigenvalue weighted by atomic mass is 9.99. The van der Waals surface area contributed by atoms with Gasteiger partial charge in [-0.1, -0.05) is 90.6 Å². The zero-order valence-corrected chi connectivity index (χ0v) is 12.5. The van der Waals surface area contributed by atoms with Gasteiger partial charge in [-0.2, -0.15) is 0 Å². The van der Waals surface area contributed by atoms with Crippen LogP contribution in [0.3, 0.4) is 0 Å². The Morgan fingerprint density at radius 1 is 0.571 bits per heavy atom. The maximum atomic E-state index is 6.84. The summed E-state index contributed by atoms with van der Waals surface area (Å²) in [6, 6.07) is 30.8. The first-order valence-electron chi connectivity index (χ1n) is 6.93. The summed E-state index contributed by atoms with van der Waals surface area (Å²) in [4.78, 5) is 0.567. The molecule has 0 amide bonds. The first kappa shape index (κ1) is 13.9. The largest absolute Gasteiger partial charge is 0.309 e. The van der Waals surface area contributed by atoms with E-state index in [2.05, 4.69) is 36.4 Å². The molecular weight excluding hydrogens is 274 g/mol. The first-order chi connectivity index (χ1) is 10.3. The van der Waals surface area contributed by atoms with E-state index >= 15 is 0 Å². The summed E-state index contributed by atoms with van der Waals surface area (Å²) in [7, 11) is 0. The Balaban J connectivity index is 2.07. The lowest BCUT2D eigenvalue weighted by Gasteiger charge is -2.30. The van der Waals surface area contributed by atoms with Gasteiger partial charge in [0.2, 0.25) is 0 Å². The van der Waals surface area contributed by atoms with Crippen molar-refractivity contribution in [3.05, 3.63) is 102 Å². The Morgan fingerprint density at radius 3 is 1.38 bits per heavy atom. The van der Waals surface area contributed by atoms with E-state index in [9.17, 15) is 0 Å². The second kappa shape index (κ2) is 6.17. The van der Waals surface area contributed by atoms with Gasteiger partial charge in [0, 0.05) is 4.90 Å². The molecule has 0 atom stereocenters. The second-order valence-corrected chi connectivity index (χ2v) is 6.20. The second-order valence-electron chi connectivity index (χ2n) is 4.88. The smallest absolute Gasteiger partial charge is 0.118 e. The molecule has 0 radical (unpaired) electrons.